The summed E-state index contributed by atoms with van der Waals surface area (Å²) in [6, 6.07) is 12.0. The molecule has 0 saturated heterocycles. The lowest BCUT2D eigenvalue weighted by Gasteiger charge is -2.13. The molecule has 1 heterocycles. The van der Waals surface area contributed by atoms with Crippen LogP contribution in [0.15, 0.2) is 54.0 Å². The van der Waals surface area contributed by atoms with Crippen LogP contribution in [0.1, 0.15) is 11.1 Å². The summed E-state index contributed by atoms with van der Waals surface area (Å²) in [5.74, 6) is 0.394. The molecule has 0 atom stereocenters. The van der Waals surface area contributed by atoms with E-state index in [-0.39, 0.29) is 12.4 Å². The third-order valence-corrected chi connectivity index (χ3v) is 4.19. The summed E-state index contributed by atoms with van der Waals surface area (Å²) in [5, 5.41) is 6.56. The second-order valence-electron chi connectivity index (χ2n) is 4.82. The van der Waals surface area contributed by atoms with Gasteiger partial charge in [0, 0.05) is 34.3 Å². The van der Waals surface area contributed by atoms with Gasteiger partial charge < -0.3 is 10.1 Å². The summed E-state index contributed by atoms with van der Waals surface area (Å²) in [6.45, 7) is 0.694. The molecule has 0 aliphatic carbocycles. The maximum atomic E-state index is 13.7. The van der Waals surface area contributed by atoms with Crippen molar-refractivity contribution in [1.82, 2.24) is 4.98 Å². The minimum Gasteiger partial charge on any atom is -0.488 e. The van der Waals surface area contributed by atoms with E-state index < -0.39 is 0 Å². The molecule has 2 aromatic carbocycles. The molecule has 0 amide bonds. The van der Waals surface area contributed by atoms with Gasteiger partial charge in [0.1, 0.15) is 18.2 Å². The number of halogens is 2. The van der Waals surface area contributed by atoms with Crippen LogP contribution < -0.4 is 10.1 Å². The van der Waals surface area contributed by atoms with Crippen LogP contribution in [-0.4, -0.2) is 4.98 Å². The number of anilines is 1. The molecule has 0 bridgehead atoms. The molecule has 0 radical (unpaired) electrons. The Balaban J connectivity index is 1.72. The molecule has 1 aromatic heterocycles. The van der Waals surface area contributed by atoms with Crippen molar-refractivity contribution in [2.24, 2.45) is 0 Å². The van der Waals surface area contributed by atoms with E-state index in [1.165, 1.54) is 17.4 Å². The zero-order valence-corrected chi connectivity index (χ0v) is 13.7. The monoisotopic (exact) mass is 348 g/mol. The first-order valence-corrected chi connectivity index (χ1v) is 8.26. The minimum absolute atomic E-state index is 0.165. The molecule has 0 fully saturated rings. The summed E-state index contributed by atoms with van der Waals surface area (Å²) < 4.78 is 19.4. The molecule has 0 unspecified atom stereocenters. The summed E-state index contributed by atoms with van der Waals surface area (Å²) in [7, 11) is 0. The Morgan fingerprint density at radius 1 is 1.17 bits per heavy atom. The first-order valence-electron chi connectivity index (χ1n) is 7.00. The number of hydrogen-bond acceptors (Lipinski definition) is 4. The second kappa shape index (κ2) is 7.44. The van der Waals surface area contributed by atoms with Crippen LogP contribution in [0.4, 0.5) is 9.52 Å². The molecule has 1 N–H and O–H groups in total. The Morgan fingerprint density at radius 2 is 2.04 bits per heavy atom. The van der Waals surface area contributed by atoms with E-state index in [9.17, 15) is 4.39 Å². The Kier molecular flexibility index (Phi) is 5.10. The fourth-order valence-electron chi connectivity index (χ4n) is 2.08. The van der Waals surface area contributed by atoms with Gasteiger partial charge >= 0.3 is 0 Å². The highest BCUT2D eigenvalue weighted by Gasteiger charge is 2.08. The molecular weight excluding hydrogens is 335 g/mol. The van der Waals surface area contributed by atoms with Crippen molar-refractivity contribution in [3.8, 4) is 5.75 Å². The lowest BCUT2D eigenvalue weighted by atomic mass is 10.2. The Bertz CT molecular complexity index is 780. The van der Waals surface area contributed by atoms with E-state index in [4.69, 9.17) is 16.3 Å². The summed E-state index contributed by atoms with van der Waals surface area (Å²) in [6.07, 6.45) is 1.74. The van der Waals surface area contributed by atoms with Crippen molar-refractivity contribution in [3.63, 3.8) is 0 Å². The van der Waals surface area contributed by atoms with Gasteiger partial charge in [-0.05, 0) is 24.3 Å². The van der Waals surface area contributed by atoms with Gasteiger partial charge in [0.05, 0.1) is 0 Å². The van der Waals surface area contributed by atoms with Gasteiger partial charge in [0.25, 0.3) is 0 Å². The molecule has 3 aromatic rings. The molecule has 118 valence electrons. The van der Waals surface area contributed by atoms with Gasteiger partial charge in [0.15, 0.2) is 5.13 Å². The average molecular weight is 349 g/mol. The van der Waals surface area contributed by atoms with Crippen LogP contribution in [0.25, 0.3) is 0 Å². The number of hydrogen-bond donors (Lipinski definition) is 1. The van der Waals surface area contributed by atoms with Crippen LogP contribution in [0.5, 0.6) is 5.75 Å². The zero-order chi connectivity index (χ0) is 16.1. The highest BCUT2D eigenvalue weighted by Crippen LogP contribution is 2.25. The smallest absolute Gasteiger partial charge is 0.182 e. The lowest BCUT2D eigenvalue weighted by Crippen LogP contribution is -2.04. The normalized spacial score (nSPS) is 10.5. The quantitative estimate of drug-likeness (QED) is 0.670. The average Bonchev–Trinajstić information content (AvgIpc) is 3.07. The van der Waals surface area contributed by atoms with Crippen LogP contribution >= 0.6 is 22.9 Å². The third kappa shape index (κ3) is 4.21. The van der Waals surface area contributed by atoms with E-state index in [1.807, 2.05) is 11.4 Å². The van der Waals surface area contributed by atoms with Gasteiger partial charge in [0.2, 0.25) is 0 Å². The fraction of sp³-hybridized carbons (Fsp3) is 0.118. The summed E-state index contributed by atoms with van der Waals surface area (Å²) in [4.78, 5) is 4.17. The van der Waals surface area contributed by atoms with Crippen molar-refractivity contribution >= 4 is 28.1 Å². The number of nitrogens with one attached hydrogen (secondary N) is 1. The molecule has 0 spiro atoms. The highest BCUT2D eigenvalue weighted by molar-refractivity contribution is 7.13. The van der Waals surface area contributed by atoms with Crippen molar-refractivity contribution < 1.29 is 9.13 Å². The third-order valence-electron chi connectivity index (χ3n) is 3.23. The minimum atomic E-state index is -0.274. The largest absolute Gasteiger partial charge is 0.488 e. The zero-order valence-electron chi connectivity index (χ0n) is 12.1. The van der Waals surface area contributed by atoms with Gasteiger partial charge in [-0.2, -0.15) is 0 Å². The van der Waals surface area contributed by atoms with Crippen molar-refractivity contribution in [2.75, 3.05) is 5.32 Å². The maximum Gasteiger partial charge on any atom is 0.182 e. The second-order valence-corrected chi connectivity index (χ2v) is 6.15. The van der Waals surface area contributed by atoms with E-state index in [1.54, 1.807) is 36.5 Å². The van der Waals surface area contributed by atoms with Crippen LogP contribution in [0.2, 0.25) is 5.02 Å². The molecule has 0 saturated carbocycles. The van der Waals surface area contributed by atoms with Gasteiger partial charge in [-0.3, -0.25) is 0 Å². The Labute approximate surface area is 142 Å². The summed E-state index contributed by atoms with van der Waals surface area (Å²) in [5.41, 5.74) is 1.41. The van der Waals surface area contributed by atoms with Gasteiger partial charge in [-0.15, -0.1) is 11.3 Å². The number of benzene rings is 2. The number of rotatable bonds is 6. The first-order chi connectivity index (χ1) is 11.2. The predicted molar refractivity (Wildman–Crippen MR) is 91.6 cm³/mol. The van der Waals surface area contributed by atoms with E-state index >= 15 is 0 Å². The Morgan fingerprint density at radius 3 is 2.83 bits per heavy atom. The van der Waals surface area contributed by atoms with E-state index in [2.05, 4.69) is 10.3 Å². The molecule has 6 heteroatoms. The first kappa shape index (κ1) is 15.8. The van der Waals surface area contributed by atoms with E-state index in [0.717, 1.165) is 10.7 Å². The summed E-state index contributed by atoms with van der Waals surface area (Å²) >= 11 is 7.58. The molecule has 3 nitrogen and oxygen atoms in total. The lowest BCUT2D eigenvalue weighted by molar-refractivity contribution is 0.297. The number of ether oxygens (including phenoxy) is 1. The van der Waals surface area contributed by atoms with Crippen molar-refractivity contribution in [3.05, 3.63) is 76.0 Å². The topological polar surface area (TPSA) is 34.1 Å². The maximum absolute atomic E-state index is 13.7. The molecule has 0 aliphatic heterocycles. The van der Waals surface area contributed by atoms with Crippen molar-refractivity contribution in [1.29, 1.82) is 0 Å². The fourth-order valence-corrected chi connectivity index (χ4v) is 2.80. The molecule has 0 aliphatic rings. The van der Waals surface area contributed by atoms with Crippen LogP contribution in [0, 0.1) is 5.82 Å². The highest BCUT2D eigenvalue weighted by atomic mass is 35.5. The predicted octanol–water partition coefficient (Wildman–Crippen LogP) is 5.13. The molecular formula is C17H14ClFN2OS. The van der Waals surface area contributed by atoms with Crippen molar-refractivity contribution in [2.45, 2.75) is 13.2 Å². The van der Waals surface area contributed by atoms with Gasteiger partial charge in [-0.1, -0.05) is 29.8 Å². The SMILES string of the molecule is Fc1ccccc1COc1ccc(Cl)cc1CNc1nccs1. The van der Waals surface area contributed by atoms with Crippen LogP contribution in [0.3, 0.4) is 0 Å². The molecule has 3 rings (SSSR count). The molecule has 23 heavy (non-hydrogen) atoms. The van der Waals surface area contributed by atoms with Gasteiger partial charge in [-0.25, -0.2) is 9.37 Å². The van der Waals surface area contributed by atoms with Crippen LogP contribution in [-0.2, 0) is 13.2 Å². The van der Waals surface area contributed by atoms with E-state index in [0.29, 0.717) is 22.9 Å². The number of aromatic nitrogens is 1. The number of nitrogens with zero attached hydrogens (tertiary/aromatic N) is 1. The standard InChI is InChI=1S/C17H14ClFN2OS/c18-14-5-6-16(22-11-12-3-1-2-4-15(12)19)13(9-14)10-21-17-20-7-8-23-17/h1-9H,10-11H2,(H,20,21). The number of thiazole rings is 1. The Hall–Kier alpha value is -2.11.